The molecule has 3 rings (SSSR count). The highest BCUT2D eigenvalue weighted by Crippen LogP contribution is 2.24. The Kier molecular flexibility index (Phi) is 4.97. The number of carbonyl (C=O) groups excluding carboxylic acids is 2. The number of anilines is 1. The molecule has 0 saturated carbocycles. The number of carbonyl (C=O) groups is 2. The number of nitrogens with one attached hydrogen (secondary N) is 1. The zero-order valence-corrected chi connectivity index (χ0v) is 13.9. The molecule has 1 atom stereocenters. The van der Waals surface area contributed by atoms with Crippen molar-refractivity contribution in [1.82, 2.24) is 5.32 Å². The Bertz CT molecular complexity index is 759. The van der Waals surface area contributed by atoms with Crippen molar-refractivity contribution in [3.8, 4) is 5.75 Å². The van der Waals surface area contributed by atoms with E-state index in [0.717, 1.165) is 11.3 Å². The van der Waals surface area contributed by atoms with Crippen LogP contribution in [0.2, 0.25) is 0 Å². The molecule has 2 aromatic rings. The maximum absolute atomic E-state index is 12.9. The molecular weight excluding hydrogens is 323 g/mol. The van der Waals surface area contributed by atoms with E-state index in [9.17, 15) is 14.0 Å². The van der Waals surface area contributed by atoms with Crippen LogP contribution in [0.15, 0.2) is 48.5 Å². The van der Waals surface area contributed by atoms with Crippen molar-refractivity contribution in [2.45, 2.75) is 26.0 Å². The quantitative estimate of drug-likeness (QED) is 0.909. The molecule has 0 radical (unpaired) electrons. The number of hydrogen-bond acceptors (Lipinski definition) is 3. The van der Waals surface area contributed by atoms with E-state index in [1.165, 1.54) is 19.1 Å². The van der Waals surface area contributed by atoms with E-state index in [1.807, 2.05) is 12.1 Å². The summed E-state index contributed by atoms with van der Waals surface area (Å²) in [5.74, 6) is 0.238. The normalized spacial score (nSPS) is 16.8. The zero-order chi connectivity index (χ0) is 17.8. The molecule has 130 valence electrons. The van der Waals surface area contributed by atoms with Crippen LogP contribution >= 0.6 is 0 Å². The molecular formula is C19H19FN2O3. The standard InChI is InChI=1S/C19H19FN2O3/c1-13(23)21-16-10-19(24)22(11-16)17-6-8-18(9-7-17)25-12-14-2-4-15(20)5-3-14/h2-9,16H,10-12H2,1H3,(H,21,23). The first-order valence-electron chi connectivity index (χ1n) is 8.06. The molecule has 0 aromatic heterocycles. The largest absolute Gasteiger partial charge is 0.489 e. The van der Waals surface area contributed by atoms with Gasteiger partial charge in [-0.05, 0) is 42.0 Å². The van der Waals surface area contributed by atoms with Crippen LogP contribution in [0.4, 0.5) is 10.1 Å². The van der Waals surface area contributed by atoms with E-state index in [1.54, 1.807) is 29.2 Å². The van der Waals surface area contributed by atoms with E-state index in [2.05, 4.69) is 5.32 Å². The average molecular weight is 342 g/mol. The van der Waals surface area contributed by atoms with Gasteiger partial charge in [0.2, 0.25) is 11.8 Å². The summed E-state index contributed by atoms with van der Waals surface area (Å²) in [6, 6.07) is 13.2. The molecule has 6 heteroatoms. The number of hydrogen-bond donors (Lipinski definition) is 1. The lowest BCUT2D eigenvalue weighted by atomic mass is 10.2. The van der Waals surface area contributed by atoms with E-state index in [-0.39, 0.29) is 23.7 Å². The Hall–Kier alpha value is -2.89. The van der Waals surface area contributed by atoms with Crippen LogP contribution < -0.4 is 15.0 Å². The van der Waals surface area contributed by atoms with Crippen molar-refractivity contribution in [1.29, 1.82) is 0 Å². The van der Waals surface area contributed by atoms with Gasteiger partial charge >= 0.3 is 0 Å². The molecule has 0 spiro atoms. The maximum Gasteiger partial charge on any atom is 0.229 e. The Morgan fingerprint density at radius 3 is 2.52 bits per heavy atom. The summed E-state index contributed by atoms with van der Waals surface area (Å²) in [6.07, 6.45) is 0.308. The van der Waals surface area contributed by atoms with Gasteiger partial charge in [-0.2, -0.15) is 0 Å². The fraction of sp³-hybridized carbons (Fsp3) is 0.263. The minimum Gasteiger partial charge on any atom is -0.489 e. The molecule has 1 unspecified atom stereocenters. The zero-order valence-electron chi connectivity index (χ0n) is 13.9. The average Bonchev–Trinajstić information content (AvgIpc) is 2.94. The third-order valence-corrected chi connectivity index (χ3v) is 4.00. The second-order valence-corrected chi connectivity index (χ2v) is 6.01. The highest BCUT2D eigenvalue weighted by molar-refractivity contribution is 5.96. The van der Waals surface area contributed by atoms with Gasteiger partial charge in [-0.25, -0.2) is 4.39 Å². The predicted octanol–water partition coefficient (Wildman–Crippen LogP) is 2.65. The van der Waals surface area contributed by atoms with Crippen molar-refractivity contribution < 1.29 is 18.7 Å². The van der Waals surface area contributed by atoms with Crippen LogP contribution in [0.1, 0.15) is 18.9 Å². The minimum atomic E-state index is -0.277. The first kappa shape index (κ1) is 17.0. The van der Waals surface area contributed by atoms with Crippen molar-refractivity contribution in [2.75, 3.05) is 11.4 Å². The highest BCUT2D eigenvalue weighted by atomic mass is 19.1. The lowest BCUT2D eigenvalue weighted by Crippen LogP contribution is -2.35. The summed E-state index contributed by atoms with van der Waals surface area (Å²) in [7, 11) is 0. The van der Waals surface area contributed by atoms with Gasteiger partial charge in [-0.15, -0.1) is 0 Å². The van der Waals surface area contributed by atoms with Gasteiger partial charge in [0.05, 0.1) is 6.04 Å². The first-order chi connectivity index (χ1) is 12.0. The highest BCUT2D eigenvalue weighted by Gasteiger charge is 2.30. The van der Waals surface area contributed by atoms with Crippen LogP contribution in [0.5, 0.6) is 5.75 Å². The number of amides is 2. The van der Waals surface area contributed by atoms with Gasteiger partial charge in [-0.1, -0.05) is 12.1 Å². The summed E-state index contributed by atoms with van der Waals surface area (Å²) in [5.41, 5.74) is 1.64. The van der Waals surface area contributed by atoms with E-state index in [0.29, 0.717) is 25.3 Å². The number of benzene rings is 2. The lowest BCUT2D eigenvalue weighted by molar-refractivity contribution is -0.119. The number of ether oxygens (including phenoxy) is 1. The Balaban J connectivity index is 1.59. The summed E-state index contributed by atoms with van der Waals surface area (Å²) in [6.45, 7) is 2.25. The summed E-state index contributed by atoms with van der Waals surface area (Å²) < 4.78 is 18.5. The topological polar surface area (TPSA) is 58.6 Å². The fourth-order valence-electron chi connectivity index (χ4n) is 2.81. The van der Waals surface area contributed by atoms with Gasteiger partial charge in [0.15, 0.2) is 0 Å². The lowest BCUT2D eigenvalue weighted by Gasteiger charge is -2.17. The van der Waals surface area contributed by atoms with Crippen molar-refractivity contribution in [3.63, 3.8) is 0 Å². The summed E-state index contributed by atoms with van der Waals surface area (Å²) in [5, 5.41) is 2.77. The molecule has 1 saturated heterocycles. The Morgan fingerprint density at radius 2 is 1.88 bits per heavy atom. The summed E-state index contributed by atoms with van der Waals surface area (Å²) >= 11 is 0. The van der Waals surface area contributed by atoms with E-state index < -0.39 is 0 Å². The third-order valence-electron chi connectivity index (χ3n) is 4.00. The van der Waals surface area contributed by atoms with Crippen LogP contribution in [0.3, 0.4) is 0 Å². The monoisotopic (exact) mass is 342 g/mol. The van der Waals surface area contributed by atoms with Crippen LogP contribution in [-0.4, -0.2) is 24.4 Å². The van der Waals surface area contributed by atoms with Gasteiger partial charge in [0.25, 0.3) is 0 Å². The van der Waals surface area contributed by atoms with Crippen molar-refractivity contribution in [2.24, 2.45) is 0 Å². The number of rotatable bonds is 5. The molecule has 1 aliphatic rings. The third kappa shape index (κ3) is 4.35. The van der Waals surface area contributed by atoms with Gasteiger partial charge in [0.1, 0.15) is 18.2 Å². The number of halogens is 1. The predicted molar refractivity (Wildman–Crippen MR) is 91.7 cm³/mol. The summed E-state index contributed by atoms with van der Waals surface area (Å²) in [4.78, 5) is 24.9. The molecule has 1 N–H and O–H groups in total. The van der Waals surface area contributed by atoms with Gasteiger partial charge in [-0.3, -0.25) is 9.59 Å². The molecule has 25 heavy (non-hydrogen) atoms. The molecule has 5 nitrogen and oxygen atoms in total. The second-order valence-electron chi connectivity index (χ2n) is 6.01. The molecule has 0 aliphatic carbocycles. The van der Waals surface area contributed by atoms with Crippen molar-refractivity contribution >= 4 is 17.5 Å². The van der Waals surface area contributed by atoms with E-state index in [4.69, 9.17) is 4.74 Å². The second kappa shape index (κ2) is 7.34. The van der Waals surface area contributed by atoms with Crippen LogP contribution in [0, 0.1) is 5.82 Å². The molecule has 0 bridgehead atoms. The van der Waals surface area contributed by atoms with Crippen LogP contribution in [0.25, 0.3) is 0 Å². The molecule has 2 aromatic carbocycles. The van der Waals surface area contributed by atoms with Gasteiger partial charge in [0, 0.05) is 25.6 Å². The van der Waals surface area contributed by atoms with E-state index >= 15 is 0 Å². The fourth-order valence-corrected chi connectivity index (χ4v) is 2.81. The smallest absolute Gasteiger partial charge is 0.229 e. The Morgan fingerprint density at radius 1 is 1.20 bits per heavy atom. The first-order valence-corrected chi connectivity index (χ1v) is 8.06. The van der Waals surface area contributed by atoms with Crippen LogP contribution in [-0.2, 0) is 16.2 Å². The number of nitrogens with zero attached hydrogens (tertiary/aromatic N) is 1. The molecule has 1 heterocycles. The van der Waals surface area contributed by atoms with Gasteiger partial charge < -0.3 is 15.0 Å². The Labute approximate surface area is 145 Å². The minimum absolute atomic E-state index is 0.0151. The molecule has 1 fully saturated rings. The maximum atomic E-state index is 12.9. The molecule has 2 amide bonds. The van der Waals surface area contributed by atoms with Crippen molar-refractivity contribution in [3.05, 3.63) is 59.9 Å². The SMILES string of the molecule is CC(=O)NC1CC(=O)N(c2ccc(OCc3ccc(F)cc3)cc2)C1. The molecule has 1 aliphatic heterocycles.